The summed E-state index contributed by atoms with van der Waals surface area (Å²) in [6, 6.07) is 0.871. The number of nitrogens with one attached hydrogen (secondary N) is 1. The van der Waals surface area contributed by atoms with Crippen molar-refractivity contribution in [3.63, 3.8) is 0 Å². The Bertz CT molecular complexity index is 284. The molecule has 3 rings (SSSR count). The molecule has 0 aromatic carbocycles. The fourth-order valence-electron chi connectivity index (χ4n) is 5.24. The van der Waals surface area contributed by atoms with Crippen LogP contribution in [-0.4, -0.2) is 36.1 Å². The molecule has 1 heterocycles. The summed E-state index contributed by atoms with van der Waals surface area (Å²) in [5.74, 6) is 0.993. The molecule has 2 heteroatoms. The lowest BCUT2D eigenvalue weighted by molar-refractivity contribution is 0.0353. The van der Waals surface area contributed by atoms with E-state index in [9.17, 15) is 0 Å². The van der Waals surface area contributed by atoms with Crippen molar-refractivity contribution < 1.29 is 0 Å². The number of hydrogen-bond acceptors (Lipinski definition) is 2. The Hall–Kier alpha value is -0.0800. The highest BCUT2D eigenvalue weighted by Crippen LogP contribution is 2.35. The molecule has 1 aliphatic heterocycles. The standard InChI is InChI=1S/C18H34N2/c1-2-17(16-9-5-3-6-10-16)20-14-13-19-18(15-20)11-7-4-8-12-18/h16-17,19H,2-15H2,1H3. The number of rotatable bonds is 3. The Morgan fingerprint density at radius 1 is 1.05 bits per heavy atom. The zero-order valence-corrected chi connectivity index (χ0v) is 13.5. The van der Waals surface area contributed by atoms with E-state index in [0.717, 1.165) is 12.0 Å². The topological polar surface area (TPSA) is 15.3 Å². The average molecular weight is 278 g/mol. The van der Waals surface area contributed by atoms with E-state index in [2.05, 4.69) is 17.1 Å². The molecule has 0 aromatic rings. The lowest BCUT2D eigenvalue weighted by atomic mass is 9.77. The quantitative estimate of drug-likeness (QED) is 0.841. The summed E-state index contributed by atoms with van der Waals surface area (Å²) in [6.45, 7) is 6.27. The van der Waals surface area contributed by atoms with Crippen LogP contribution in [0.15, 0.2) is 0 Å². The van der Waals surface area contributed by atoms with Gasteiger partial charge in [0.15, 0.2) is 0 Å². The van der Waals surface area contributed by atoms with Crippen molar-refractivity contribution in [1.82, 2.24) is 10.2 Å². The molecule has 0 bridgehead atoms. The fraction of sp³-hybridized carbons (Fsp3) is 1.00. The first kappa shape index (κ1) is 14.8. The van der Waals surface area contributed by atoms with Gasteiger partial charge in [0.05, 0.1) is 0 Å². The predicted octanol–water partition coefficient (Wildman–Crippen LogP) is 3.95. The van der Waals surface area contributed by atoms with Crippen LogP contribution in [0.5, 0.6) is 0 Å². The van der Waals surface area contributed by atoms with Crippen molar-refractivity contribution in [3.05, 3.63) is 0 Å². The van der Waals surface area contributed by atoms with Crippen molar-refractivity contribution in [3.8, 4) is 0 Å². The Morgan fingerprint density at radius 3 is 2.45 bits per heavy atom. The summed E-state index contributed by atoms with van der Waals surface area (Å²) in [4.78, 5) is 2.89. The zero-order chi connectivity index (χ0) is 13.8. The molecule has 1 unspecified atom stereocenters. The summed E-state index contributed by atoms with van der Waals surface area (Å²) < 4.78 is 0. The molecular weight excluding hydrogens is 244 g/mol. The smallest absolute Gasteiger partial charge is 0.0309 e. The van der Waals surface area contributed by atoms with E-state index in [-0.39, 0.29) is 0 Å². The summed E-state index contributed by atoms with van der Waals surface area (Å²) in [5.41, 5.74) is 0.485. The Balaban J connectivity index is 1.64. The molecule has 1 saturated heterocycles. The third kappa shape index (κ3) is 3.22. The van der Waals surface area contributed by atoms with Crippen LogP contribution in [0.2, 0.25) is 0 Å². The molecule has 2 saturated carbocycles. The van der Waals surface area contributed by atoms with Crippen molar-refractivity contribution in [2.24, 2.45) is 5.92 Å². The van der Waals surface area contributed by atoms with Gasteiger partial charge in [-0.25, -0.2) is 0 Å². The third-order valence-corrected chi connectivity index (χ3v) is 6.30. The second kappa shape index (κ2) is 6.79. The van der Waals surface area contributed by atoms with Gasteiger partial charge < -0.3 is 5.32 Å². The SMILES string of the molecule is CCC(C1CCCCC1)N1CCNC2(CCCCC2)C1. The van der Waals surface area contributed by atoms with Gasteiger partial charge in [-0.1, -0.05) is 45.4 Å². The van der Waals surface area contributed by atoms with Crippen LogP contribution in [0.25, 0.3) is 0 Å². The van der Waals surface area contributed by atoms with E-state index >= 15 is 0 Å². The molecule has 1 atom stereocenters. The maximum atomic E-state index is 3.90. The normalized spacial score (nSPS) is 30.4. The zero-order valence-electron chi connectivity index (χ0n) is 13.5. The fourth-order valence-corrected chi connectivity index (χ4v) is 5.24. The highest BCUT2D eigenvalue weighted by molar-refractivity contribution is 4.98. The van der Waals surface area contributed by atoms with Crippen LogP contribution in [-0.2, 0) is 0 Å². The highest BCUT2D eigenvalue weighted by atomic mass is 15.2. The molecule has 3 fully saturated rings. The maximum Gasteiger partial charge on any atom is 0.0309 e. The Labute approximate surface area is 125 Å². The van der Waals surface area contributed by atoms with Crippen LogP contribution < -0.4 is 5.32 Å². The number of nitrogens with zero attached hydrogens (tertiary/aromatic N) is 1. The molecule has 0 amide bonds. The van der Waals surface area contributed by atoms with Crippen molar-refractivity contribution in [2.45, 2.75) is 89.1 Å². The van der Waals surface area contributed by atoms with Gasteiger partial charge in [-0.05, 0) is 38.0 Å². The minimum absolute atomic E-state index is 0.485. The average Bonchev–Trinajstić information content (AvgIpc) is 2.50. The maximum absolute atomic E-state index is 3.90. The molecular formula is C18H34N2. The second-order valence-electron chi connectivity index (χ2n) is 7.61. The molecule has 0 aromatic heterocycles. The summed E-state index contributed by atoms with van der Waals surface area (Å²) in [5, 5.41) is 3.90. The van der Waals surface area contributed by atoms with Gasteiger partial charge in [-0.15, -0.1) is 0 Å². The van der Waals surface area contributed by atoms with Crippen LogP contribution in [0.1, 0.15) is 77.6 Å². The summed E-state index contributed by atoms with van der Waals surface area (Å²) >= 11 is 0. The summed E-state index contributed by atoms with van der Waals surface area (Å²) in [6.07, 6.45) is 16.0. The van der Waals surface area contributed by atoms with E-state index in [0.29, 0.717) is 5.54 Å². The molecule has 0 radical (unpaired) electrons. The second-order valence-corrected chi connectivity index (χ2v) is 7.61. The molecule has 1 N–H and O–H groups in total. The first-order chi connectivity index (χ1) is 9.83. The van der Waals surface area contributed by atoms with Gasteiger partial charge in [0.25, 0.3) is 0 Å². The van der Waals surface area contributed by atoms with Gasteiger partial charge >= 0.3 is 0 Å². The number of piperazine rings is 1. The molecule has 116 valence electrons. The van der Waals surface area contributed by atoms with Gasteiger partial charge in [0.1, 0.15) is 0 Å². The van der Waals surface area contributed by atoms with Gasteiger partial charge in [0, 0.05) is 31.2 Å². The van der Waals surface area contributed by atoms with Crippen LogP contribution in [0, 0.1) is 5.92 Å². The largest absolute Gasteiger partial charge is 0.309 e. The van der Waals surface area contributed by atoms with Crippen LogP contribution in [0.4, 0.5) is 0 Å². The van der Waals surface area contributed by atoms with E-state index in [4.69, 9.17) is 0 Å². The van der Waals surface area contributed by atoms with E-state index in [1.165, 1.54) is 90.3 Å². The summed E-state index contributed by atoms with van der Waals surface area (Å²) in [7, 11) is 0. The first-order valence-electron chi connectivity index (χ1n) is 9.32. The van der Waals surface area contributed by atoms with Gasteiger partial charge in [0.2, 0.25) is 0 Å². The van der Waals surface area contributed by atoms with E-state index < -0.39 is 0 Å². The van der Waals surface area contributed by atoms with E-state index in [1.54, 1.807) is 0 Å². The Morgan fingerprint density at radius 2 is 1.75 bits per heavy atom. The first-order valence-corrected chi connectivity index (χ1v) is 9.32. The predicted molar refractivity (Wildman–Crippen MR) is 86.0 cm³/mol. The molecule has 20 heavy (non-hydrogen) atoms. The highest BCUT2D eigenvalue weighted by Gasteiger charge is 2.39. The minimum atomic E-state index is 0.485. The minimum Gasteiger partial charge on any atom is -0.309 e. The van der Waals surface area contributed by atoms with Gasteiger partial charge in [-0.3, -0.25) is 4.90 Å². The van der Waals surface area contributed by atoms with Crippen molar-refractivity contribution >= 4 is 0 Å². The van der Waals surface area contributed by atoms with Gasteiger partial charge in [-0.2, -0.15) is 0 Å². The van der Waals surface area contributed by atoms with E-state index in [1.807, 2.05) is 0 Å². The molecule has 3 aliphatic rings. The molecule has 2 aliphatic carbocycles. The molecule has 2 nitrogen and oxygen atoms in total. The third-order valence-electron chi connectivity index (χ3n) is 6.30. The van der Waals surface area contributed by atoms with Crippen LogP contribution in [0.3, 0.4) is 0 Å². The van der Waals surface area contributed by atoms with Crippen molar-refractivity contribution in [1.29, 1.82) is 0 Å². The molecule has 1 spiro atoms. The number of hydrogen-bond donors (Lipinski definition) is 1. The lowest BCUT2D eigenvalue weighted by Crippen LogP contribution is -2.63. The lowest BCUT2D eigenvalue weighted by Gasteiger charge is -2.50. The van der Waals surface area contributed by atoms with Crippen molar-refractivity contribution in [2.75, 3.05) is 19.6 Å². The van der Waals surface area contributed by atoms with Crippen LogP contribution >= 0.6 is 0 Å². The monoisotopic (exact) mass is 278 g/mol. The Kier molecular flexibility index (Phi) is 5.04.